The zero-order valence-electron chi connectivity index (χ0n) is 15.6. The normalized spacial score (nSPS) is 15.5. The van der Waals surface area contributed by atoms with Crippen molar-refractivity contribution >= 4 is 33.3 Å². The maximum atomic E-state index is 12.4. The lowest BCUT2D eigenvalue weighted by molar-refractivity contribution is 0.332. The molecule has 3 aromatic rings. The van der Waals surface area contributed by atoms with E-state index in [1.807, 2.05) is 12.1 Å². The van der Waals surface area contributed by atoms with Crippen molar-refractivity contribution in [2.45, 2.75) is 62.9 Å². The molecule has 0 bridgehead atoms. The fourth-order valence-electron chi connectivity index (χ4n) is 3.81. The predicted molar refractivity (Wildman–Crippen MR) is 113 cm³/mol. The number of rotatable bonds is 4. The lowest BCUT2D eigenvalue weighted by atomic mass is 9.95. The minimum absolute atomic E-state index is 0.0557. The smallest absolute Gasteiger partial charge is 0.258 e. The zero-order valence-corrected chi connectivity index (χ0v) is 18.0. The van der Waals surface area contributed by atoms with Gasteiger partial charge in [-0.2, -0.15) is 0 Å². The summed E-state index contributed by atoms with van der Waals surface area (Å²) < 4.78 is 4.85. The molecule has 0 N–H and O–H groups in total. The summed E-state index contributed by atoms with van der Waals surface area (Å²) in [5.41, 5.74) is 3.77. The van der Waals surface area contributed by atoms with Gasteiger partial charge < -0.3 is 4.57 Å². The average Bonchev–Trinajstić information content (AvgIpc) is 2.95. The van der Waals surface area contributed by atoms with Crippen molar-refractivity contribution < 1.29 is 0 Å². The molecule has 0 aromatic carbocycles. The van der Waals surface area contributed by atoms with Crippen LogP contribution in [0.4, 0.5) is 0 Å². The van der Waals surface area contributed by atoms with Crippen LogP contribution in [0, 0.1) is 13.8 Å². The molecule has 0 radical (unpaired) electrons. The monoisotopic (exact) mass is 446 g/mol. The quantitative estimate of drug-likeness (QED) is 0.525. The van der Waals surface area contributed by atoms with Gasteiger partial charge >= 0.3 is 0 Å². The fourth-order valence-corrected chi connectivity index (χ4v) is 5.19. The second-order valence-corrected chi connectivity index (χ2v) is 9.04. The lowest BCUT2D eigenvalue weighted by Gasteiger charge is -2.26. The van der Waals surface area contributed by atoms with Crippen LogP contribution in [-0.2, 0) is 5.75 Å². The van der Waals surface area contributed by atoms with Crippen LogP contribution in [0.1, 0.15) is 55.2 Å². The maximum absolute atomic E-state index is 12.4. The van der Waals surface area contributed by atoms with E-state index in [1.165, 1.54) is 37.8 Å². The third-order valence-corrected chi connectivity index (χ3v) is 6.78. The van der Waals surface area contributed by atoms with Crippen LogP contribution in [-0.4, -0.2) is 18.9 Å². The molecule has 1 saturated carbocycles. The number of fused-ring (bicyclic) bond motifs is 1. The van der Waals surface area contributed by atoms with Crippen molar-refractivity contribution in [1.29, 1.82) is 0 Å². The molecular weight excluding hydrogens is 424 g/mol. The molecule has 0 atom stereocenters. The van der Waals surface area contributed by atoms with Gasteiger partial charge in [0.1, 0.15) is 5.65 Å². The molecule has 1 fully saturated rings. The lowest BCUT2D eigenvalue weighted by Crippen LogP contribution is -2.16. The van der Waals surface area contributed by atoms with Crippen LogP contribution in [0.2, 0.25) is 0 Å². The van der Waals surface area contributed by atoms with Gasteiger partial charge in [-0.25, -0.2) is 9.97 Å². The van der Waals surface area contributed by atoms with Gasteiger partial charge in [0.15, 0.2) is 5.16 Å². The summed E-state index contributed by atoms with van der Waals surface area (Å²) in [5.74, 6) is 0.643. The van der Waals surface area contributed by atoms with Gasteiger partial charge in [0, 0.05) is 34.2 Å². The van der Waals surface area contributed by atoms with Gasteiger partial charge in [-0.3, -0.25) is 9.20 Å². The van der Waals surface area contributed by atoms with Crippen LogP contribution in [0.15, 0.2) is 38.8 Å². The highest BCUT2D eigenvalue weighted by atomic mass is 79.9. The molecule has 0 unspecified atom stereocenters. The first-order chi connectivity index (χ1) is 13.0. The third kappa shape index (κ3) is 3.85. The summed E-state index contributed by atoms with van der Waals surface area (Å²) in [4.78, 5) is 21.9. The fraction of sp³-hybridized carbons (Fsp3) is 0.450. The van der Waals surface area contributed by atoms with Crippen LogP contribution in [0.5, 0.6) is 0 Å². The highest BCUT2D eigenvalue weighted by Gasteiger charge is 2.22. The molecule has 4 rings (SSSR count). The number of nitrogens with zero attached hydrogens (tertiary/aromatic N) is 4. The van der Waals surface area contributed by atoms with Crippen molar-refractivity contribution in [1.82, 2.24) is 18.9 Å². The Bertz CT molecular complexity index is 1040. The third-order valence-electron chi connectivity index (χ3n) is 5.32. The first-order valence-electron chi connectivity index (χ1n) is 9.39. The molecule has 1 aliphatic rings. The second kappa shape index (κ2) is 7.80. The molecule has 5 nitrogen and oxygen atoms in total. The van der Waals surface area contributed by atoms with E-state index in [2.05, 4.69) is 39.3 Å². The van der Waals surface area contributed by atoms with Crippen LogP contribution < -0.4 is 5.56 Å². The minimum Gasteiger partial charge on any atom is -0.320 e. The van der Waals surface area contributed by atoms with Gasteiger partial charge in [0.05, 0.1) is 11.4 Å². The number of hydrogen-bond acceptors (Lipinski definition) is 4. The van der Waals surface area contributed by atoms with Gasteiger partial charge in [-0.05, 0) is 54.8 Å². The van der Waals surface area contributed by atoms with Crippen molar-refractivity contribution in [3.63, 3.8) is 0 Å². The Hall–Kier alpha value is -1.60. The average molecular weight is 447 g/mol. The Kier molecular flexibility index (Phi) is 5.41. The molecule has 3 aromatic heterocycles. The number of halogens is 1. The van der Waals surface area contributed by atoms with E-state index in [0.29, 0.717) is 17.4 Å². The number of aromatic nitrogens is 4. The number of thioether (sulfide) groups is 1. The van der Waals surface area contributed by atoms with Crippen molar-refractivity contribution in [2.24, 2.45) is 0 Å². The maximum Gasteiger partial charge on any atom is 0.258 e. The molecule has 142 valence electrons. The van der Waals surface area contributed by atoms with E-state index in [9.17, 15) is 4.79 Å². The first-order valence-corrected chi connectivity index (χ1v) is 11.2. The standard InChI is InChI=1S/C20H23BrN4OS/c1-13-14(2)25(17-6-4-3-5-7-17)20(22-13)27-12-16-10-19(26)24-11-15(21)8-9-18(24)23-16/h8-11,17H,3-7,12H2,1-2H3. The summed E-state index contributed by atoms with van der Waals surface area (Å²) in [5, 5.41) is 1.05. The summed E-state index contributed by atoms with van der Waals surface area (Å²) in [6.07, 6.45) is 8.15. The van der Waals surface area contributed by atoms with Gasteiger partial charge in [0.2, 0.25) is 0 Å². The Morgan fingerprint density at radius 1 is 1.19 bits per heavy atom. The van der Waals surface area contributed by atoms with Crippen LogP contribution >= 0.6 is 27.7 Å². The van der Waals surface area contributed by atoms with E-state index in [0.717, 1.165) is 21.0 Å². The summed E-state index contributed by atoms with van der Waals surface area (Å²) in [7, 11) is 0. The molecule has 0 spiro atoms. The Labute approximate surface area is 171 Å². The van der Waals surface area contributed by atoms with Crippen molar-refractivity contribution in [3.05, 3.63) is 56.3 Å². The Balaban J connectivity index is 1.60. The van der Waals surface area contributed by atoms with Gasteiger partial charge in [0.25, 0.3) is 5.56 Å². The predicted octanol–water partition coefficient (Wildman–Crippen LogP) is 5.07. The number of aryl methyl sites for hydroxylation is 1. The van der Waals surface area contributed by atoms with E-state index in [1.54, 1.807) is 28.4 Å². The summed E-state index contributed by atoms with van der Waals surface area (Å²) in [6, 6.07) is 5.94. The van der Waals surface area contributed by atoms with Crippen molar-refractivity contribution in [2.75, 3.05) is 0 Å². The first kappa shape index (κ1) is 18.7. The minimum atomic E-state index is -0.0557. The van der Waals surface area contributed by atoms with Crippen LogP contribution in [0.3, 0.4) is 0 Å². The zero-order chi connectivity index (χ0) is 19.0. The molecule has 1 aliphatic carbocycles. The summed E-state index contributed by atoms with van der Waals surface area (Å²) >= 11 is 5.08. The van der Waals surface area contributed by atoms with Crippen LogP contribution in [0.25, 0.3) is 5.65 Å². The largest absolute Gasteiger partial charge is 0.320 e. The Morgan fingerprint density at radius 2 is 1.96 bits per heavy atom. The summed E-state index contributed by atoms with van der Waals surface area (Å²) in [6.45, 7) is 4.25. The topological polar surface area (TPSA) is 52.2 Å². The van der Waals surface area contributed by atoms with Gasteiger partial charge in [-0.15, -0.1) is 0 Å². The number of imidazole rings is 1. The molecule has 27 heavy (non-hydrogen) atoms. The molecule has 0 amide bonds. The van der Waals surface area contributed by atoms with E-state index in [-0.39, 0.29) is 5.56 Å². The number of pyridine rings is 1. The molecular formula is C20H23BrN4OS. The van der Waals surface area contributed by atoms with Gasteiger partial charge in [-0.1, -0.05) is 31.0 Å². The second-order valence-electron chi connectivity index (χ2n) is 7.18. The Morgan fingerprint density at radius 3 is 2.74 bits per heavy atom. The van der Waals surface area contributed by atoms with Crippen molar-refractivity contribution in [3.8, 4) is 0 Å². The van der Waals surface area contributed by atoms with E-state index >= 15 is 0 Å². The highest BCUT2D eigenvalue weighted by Crippen LogP contribution is 2.34. The SMILES string of the molecule is Cc1nc(SCc2cc(=O)n3cc(Br)ccc3n2)n(C2CCCCC2)c1C. The molecule has 0 saturated heterocycles. The van der Waals surface area contributed by atoms with E-state index in [4.69, 9.17) is 4.98 Å². The molecule has 3 heterocycles. The highest BCUT2D eigenvalue weighted by molar-refractivity contribution is 9.10. The molecule has 0 aliphatic heterocycles. The number of hydrogen-bond donors (Lipinski definition) is 0. The molecule has 7 heteroatoms. The van der Waals surface area contributed by atoms with E-state index < -0.39 is 0 Å².